The Morgan fingerprint density at radius 2 is 1.71 bits per heavy atom. The minimum atomic E-state index is -0.940. The number of nitrogens with zero attached hydrogens (tertiary/aromatic N) is 2. The molecule has 0 saturated carbocycles. The van der Waals surface area contributed by atoms with Gasteiger partial charge in [-0.2, -0.15) is 0 Å². The summed E-state index contributed by atoms with van der Waals surface area (Å²) in [5.74, 6) is -2.24. The van der Waals surface area contributed by atoms with Gasteiger partial charge in [-0.25, -0.2) is 0 Å². The average Bonchev–Trinajstić information content (AvgIpc) is 3.37. The molecule has 3 atom stereocenters. The molecule has 2 heterocycles. The molecule has 12 heteroatoms. The topological polar surface area (TPSA) is 163 Å². The second-order valence-electron chi connectivity index (χ2n) is 10.6. The first-order valence-electron chi connectivity index (χ1n) is 14.0. The van der Waals surface area contributed by atoms with Crippen LogP contribution in [-0.4, -0.2) is 77.4 Å². The van der Waals surface area contributed by atoms with Crippen LogP contribution in [0.15, 0.2) is 40.9 Å². The molecule has 222 valence electrons. The van der Waals surface area contributed by atoms with Gasteiger partial charge in [0, 0.05) is 38.5 Å². The van der Waals surface area contributed by atoms with Crippen LogP contribution in [-0.2, 0) is 25.6 Å². The van der Waals surface area contributed by atoms with Crippen LogP contribution in [0.5, 0.6) is 0 Å². The average molecular weight is 569 g/mol. The zero-order valence-corrected chi connectivity index (χ0v) is 24.1. The summed E-state index contributed by atoms with van der Waals surface area (Å²) in [5.41, 5.74) is 1.41. The van der Waals surface area contributed by atoms with E-state index in [1.54, 1.807) is 17.9 Å². The molecule has 12 nitrogen and oxygen atoms in total. The van der Waals surface area contributed by atoms with Gasteiger partial charge in [0.25, 0.3) is 5.91 Å². The van der Waals surface area contributed by atoms with Crippen molar-refractivity contribution in [3.8, 4) is 0 Å². The summed E-state index contributed by atoms with van der Waals surface area (Å²) in [4.78, 5) is 66.7. The van der Waals surface area contributed by atoms with E-state index in [9.17, 15) is 24.0 Å². The molecule has 1 fully saturated rings. The minimum Gasteiger partial charge on any atom is -0.354 e. The standard InChI is InChI=1S/C29H40N6O6/c1-18(2)25-28(39)30-13-9-15-35(29(40)23-16-19(3)34-41-23)14-8-12-24(36)32-22(17-21-10-6-5-7-11-21)27(38)31-20(4)26(37)33-25/h5-7,10-11,16,18,20,22,25H,8-9,12-15,17H2,1-4H3,(H,30,39)(H,31,38)(H,32,36)(H,33,37)/t20-,22+,25-/m1/s1. The van der Waals surface area contributed by atoms with E-state index >= 15 is 0 Å². The molecular formula is C29H40N6O6. The molecule has 1 saturated heterocycles. The van der Waals surface area contributed by atoms with Gasteiger partial charge >= 0.3 is 0 Å². The predicted molar refractivity (Wildman–Crippen MR) is 150 cm³/mol. The Bertz CT molecular complexity index is 1210. The van der Waals surface area contributed by atoms with Crippen molar-refractivity contribution >= 4 is 29.5 Å². The first-order valence-corrected chi connectivity index (χ1v) is 14.0. The number of amides is 5. The van der Waals surface area contributed by atoms with Gasteiger partial charge in [0.05, 0.1) is 5.69 Å². The third-order valence-corrected chi connectivity index (χ3v) is 6.80. The molecule has 0 radical (unpaired) electrons. The third kappa shape index (κ3) is 9.44. The van der Waals surface area contributed by atoms with Crippen LogP contribution < -0.4 is 21.3 Å². The summed E-state index contributed by atoms with van der Waals surface area (Å²) >= 11 is 0. The van der Waals surface area contributed by atoms with Crippen LogP contribution in [0.25, 0.3) is 0 Å². The molecule has 3 rings (SSSR count). The van der Waals surface area contributed by atoms with E-state index < -0.39 is 29.9 Å². The van der Waals surface area contributed by atoms with Crippen molar-refractivity contribution in [2.75, 3.05) is 19.6 Å². The number of hydrogen-bond acceptors (Lipinski definition) is 7. The van der Waals surface area contributed by atoms with E-state index in [0.29, 0.717) is 25.1 Å². The summed E-state index contributed by atoms with van der Waals surface area (Å²) in [6.07, 6.45) is 1.08. The zero-order chi connectivity index (χ0) is 29.9. The molecule has 2 aromatic rings. The monoisotopic (exact) mass is 568 g/mol. The Labute approximate surface area is 240 Å². The maximum atomic E-state index is 13.2. The van der Waals surface area contributed by atoms with Crippen molar-refractivity contribution in [3.63, 3.8) is 0 Å². The Kier molecular flexibility index (Phi) is 11.4. The number of aromatic nitrogens is 1. The van der Waals surface area contributed by atoms with Crippen LogP contribution in [0.4, 0.5) is 0 Å². The zero-order valence-electron chi connectivity index (χ0n) is 24.1. The van der Waals surface area contributed by atoms with E-state index in [0.717, 1.165) is 5.56 Å². The summed E-state index contributed by atoms with van der Waals surface area (Å²) in [7, 11) is 0. The maximum absolute atomic E-state index is 13.2. The molecule has 41 heavy (non-hydrogen) atoms. The van der Waals surface area contributed by atoms with Crippen molar-refractivity contribution in [2.45, 2.75) is 71.5 Å². The Morgan fingerprint density at radius 1 is 1.00 bits per heavy atom. The SMILES string of the molecule is Cc1cc(C(=O)N2CCCNC(=O)[C@@H](C(C)C)NC(=O)[C@@H](C)NC(=O)[C@H](Cc3ccccc3)NC(=O)CCC2)on1. The molecule has 1 aromatic carbocycles. The van der Waals surface area contributed by atoms with Crippen LogP contribution in [0.2, 0.25) is 0 Å². The van der Waals surface area contributed by atoms with Crippen molar-refractivity contribution in [1.29, 1.82) is 0 Å². The Balaban J connectivity index is 1.81. The number of carbonyl (C=O) groups excluding carboxylic acids is 5. The quantitative estimate of drug-likeness (QED) is 0.429. The fraction of sp³-hybridized carbons (Fsp3) is 0.517. The lowest BCUT2D eigenvalue weighted by molar-refractivity contribution is -0.134. The second-order valence-corrected chi connectivity index (χ2v) is 10.6. The highest BCUT2D eigenvalue weighted by Crippen LogP contribution is 2.10. The lowest BCUT2D eigenvalue weighted by atomic mass is 10.0. The van der Waals surface area contributed by atoms with E-state index in [1.807, 2.05) is 44.2 Å². The summed E-state index contributed by atoms with van der Waals surface area (Å²) < 4.78 is 5.15. The fourth-order valence-electron chi connectivity index (χ4n) is 4.48. The predicted octanol–water partition coefficient (Wildman–Crippen LogP) is 1.10. The van der Waals surface area contributed by atoms with Gasteiger partial charge in [0.1, 0.15) is 18.1 Å². The van der Waals surface area contributed by atoms with Crippen LogP contribution >= 0.6 is 0 Å². The first kappa shape index (κ1) is 31.3. The number of carbonyl (C=O) groups is 5. The molecular weight excluding hydrogens is 528 g/mol. The van der Waals surface area contributed by atoms with Gasteiger partial charge < -0.3 is 30.7 Å². The number of hydrogen-bond donors (Lipinski definition) is 4. The van der Waals surface area contributed by atoms with Crippen molar-refractivity contribution in [1.82, 2.24) is 31.3 Å². The highest BCUT2D eigenvalue weighted by molar-refractivity contribution is 5.94. The fourth-order valence-corrected chi connectivity index (χ4v) is 4.48. The maximum Gasteiger partial charge on any atom is 0.292 e. The van der Waals surface area contributed by atoms with E-state index in [4.69, 9.17) is 4.52 Å². The molecule has 0 unspecified atom stereocenters. The number of benzene rings is 1. The molecule has 0 aliphatic carbocycles. The van der Waals surface area contributed by atoms with Gasteiger partial charge in [-0.15, -0.1) is 0 Å². The lowest BCUT2D eigenvalue weighted by Gasteiger charge is -2.26. The van der Waals surface area contributed by atoms with Crippen molar-refractivity contribution < 1.29 is 28.5 Å². The summed E-state index contributed by atoms with van der Waals surface area (Å²) in [6, 6.07) is 8.08. The van der Waals surface area contributed by atoms with Gasteiger partial charge in [-0.3, -0.25) is 24.0 Å². The molecule has 0 bridgehead atoms. The largest absolute Gasteiger partial charge is 0.354 e. The van der Waals surface area contributed by atoms with Crippen molar-refractivity contribution in [3.05, 3.63) is 53.4 Å². The Hall–Kier alpha value is -4.22. The number of nitrogens with one attached hydrogen (secondary N) is 4. The molecule has 1 aliphatic heterocycles. The van der Waals surface area contributed by atoms with E-state index in [1.165, 1.54) is 6.92 Å². The van der Waals surface area contributed by atoms with Gasteiger partial charge in [-0.1, -0.05) is 49.3 Å². The Morgan fingerprint density at radius 3 is 2.37 bits per heavy atom. The highest BCUT2D eigenvalue weighted by Gasteiger charge is 2.29. The van der Waals surface area contributed by atoms with Gasteiger partial charge in [0.15, 0.2) is 0 Å². The van der Waals surface area contributed by atoms with Crippen LogP contribution in [0.3, 0.4) is 0 Å². The van der Waals surface area contributed by atoms with Crippen molar-refractivity contribution in [2.24, 2.45) is 5.92 Å². The first-order chi connectivity index (χ1) is 19.5. The molecule has 4 N–H and O–H groups in total. The second kappa shape index (κ2) is 15.0. The molecule has 1 aliphatic rings. The highest BCUT2D eigenvalue weighted by atomic mass is 16.5. The van der Waals surface area contributed by atoms with Gasteiger partial charge in [-0.05, 0) is 38.2 Å². The smallest absolute Gasteiger partial charge is 0.292 e. The minimum absolute atomic E-state index is 0.0701. The lowest BCUT2D eigenvalue weighted by Crippen LogP contribution is -2.57. The summed E-state index contributed by atoms with van der Waals surface area (Å²) in [5, 5.41) is 14.8. The molecule has 5 amide bonds. The normalized spacial score (nSPS) is 22.2. The number of aryl methyl sites for hydroxylation is 1. The van der Waals surface area contributed by atoms with Crippen LogP contribution in [0.1, 0.15) is 61.8 Å². The number of rotatable bonds is 4. The van der Waals surface area contributed by atoms with Crippen LogP contribution in [0, 0.1) is 12.8 Å². The molecule has 0 spiro atoms. The molecule has 1 aromatic heterocycles. The third-order valence-electron chi connectivity index (χ3n) is 6.80. The summed E-state index contributed by atoms with van der Waals surface area (Å²) in [6.45, 7) is 7.70. The van der Waals surface area contributed by atoms with E-state index in [2.05, 4.69) is 26.4 Å². The van der Waals surface area contributed by atoms with Gasteiger partial charge in [0.2, 0.25) is 29.4 Å². The van der Waals surface area contributed by atoms with E-state index in [-0.39, 0.29) is 55.3 Å².